The second-order valence-electron chi connectivity index (χ2n) is 9.13. The number of nitrogens with zero attached hydrogens (tertiary/aromatic N) is 2. The van der Waals surface area contributed by atoms with Crippen LogP contribution >= 0.6 is 0 Å². The van der Waals surface area contributed by atoms with Gasteiger partial charge in [0.25, 0.3) is 0 Å². The molecule has 3 nitrogen and oxygen atoms in total. The largest absolute Gasteiger partial charge is 1.00 e. The molecule has 0 amide bonds. The van der Waals surface area contributed by atoms with Gasteiger partial charge in [0, 0.05) is 0 Å². The average Bonchev–Trinajstić information content (AvgIpc) is 2.81. The quantitative estimate of drug-likeness (QED) is 0.234. The molecular formula is C29H36Li2N2O. The molecule has 4 atom stereocenters. The van der Waals surface area contributed by atoms with Gasteiger partial charge in [-0.2, -0.15) is 24.1 Å². The topological polar surface area (TPSA) is 29.5 Å². The zero-order valence-corrected chi connectivity index (χ0v) is 21.9. The Morgan fingerprint density at radius 3 is 1.47 bits per heavy atom. The van der Waals surface area contributed by atoms with Crippen LogP contribution in [-0.2, 0) is 0 Å². The maximum Gasteiger partial charge on any atom is 1.00 e. The van der Waals surface area contributed by atoms with Gasteiger partial charge in [-0.05, 0) is 32.3 Å². The fraction of sp³-hybridized carbons (Fsp3) is 0.345. The molecule has 3 aromatic rings. The van der Waals surface area contributed by atoms with Crippen molar-refractivity contribution in [2.45, 2.75) is 32.2 Å². The third-order valence-electron chi connectivity index (χ3n) is 6.26. The summed E-state index contributed by atoms with van der Waals surface area (Å²) in [6.07, 6.45) is 1.26. The van der Waals surface area contributed by atoms with E-state index in [1.165, 1.54) is 5.56 Å². The van der Waals surface area contributed by atoms with Gasteiger partial charge < -0.3 is 14.9 Å². The first kappa shape index (κ1) is 30.6. The molecule has 3 aromatic carbocycles. The first-order valence-corrected chi connectivity index (χ1v) is 11.4. The van der Waals surface area contributed by atoms with Crippen molar-refractivity contribution >= 4 is 0 Å². The van der Waals surface area contributed by atoms with Crippen molar-refractivity contribution in [1.82, 2.24) is 9.80 Å². The Morgan fingerprint density at radius 2 is 1.06 bits per heavy atom. The summed E-state index contributed by atoms with van der Waals surface area (Å²) in [6, 6.07) is 31.1. The standard InChI is InChI=1S/C29H36N2O.2Li/c1-22(2)26(21-23-15-9-6-10-16-23)29(32)31(5)28(25-19-13-8-14-20-25)27(30(3)4)24-17-11-7-12-18-24;;/h6-22,26-29H,1-5H3;;/q-2;2*+1/t26?,27-,28-,29?;;/m1../s1. The molecule has 0 radical (unpaired) electrons. The number of likely N-dealkylation sites (N-methyl/N-ethyl adjacent to an activating group) is 2. The summed E-state index contributed by atoms with van der Waals surface area (Å²) >= 11 is 0. The van der Waals surface area contributed by atoms with E-state index in [1.54, 1.807) is 0 Å². The fourth-order valence-corrected chi connectivity index (χ4v) is 4.52. The predicted molar refractivity (Wildman–Crippen MR) is 132 cm³/mol. The summed E-state index contributed by atoms with van der Waals surface area (Å²) in [5, 5.41) is 14.0. The maximum atomic E-state index is 14.0. The van der Waals surface area contributed by atoms with Gasteiger partial charge in [-0.15, -0.1) is 12.1 Å². The van der Waals surface area contributed by atoms with Crippen molar-refractivity contribution in [3.63, 3.8) is 0 Å². The van der Waals surface area contributed by atoms with Gasteiger partial charge in [-0.3, -0.25) is 0 Å². The van der Waals surface area contributed by atoms with Crippen LogP contribution in [0.25, 0.3) is 0 Å². The van der Waals surface area contributed by atoms with E-state index in [-0.39, 0.29) is 61.6 Å². The van der Waals surface area contributed by atoms with E-state index in [4.69, 9.17) is 0 Å². The van der Waals surface area contributed by atoms with Crippen LogP contribution in [0.3, 0.4) is 0 Å². The molecule has 170 valence electrons. The SMILES string of the molecule is CC(C)C([CH-]c1ccccc1)C([O-])N(C)[C@H](c1ccccc1)[C@@H](c1ccccc1)N(C)C.[Li+].[Li+]. The van der Waals surface area contributed by atoms with Crippen molar-refractivity contribution in [1.29, 1.82) is 0 Å². The zero-order valence-electron chi connectivity index (χ0n) is 21.9. The van der Waals surface area contributed by atoms with Gasteiger partial charge in [0.15, 0.2) is 0 Å². The smallest absolute Gasteiger partial charge is 0.841 e. The molecule has 0 aromatic heterocycles. The molecule has 34 heavy (non-hydrogen) atoms. The van der Waals surface area contributed by atoms with Crippen LogP contribution in [-0.4, -0.2) is 37.2 Å². The van der Waals surface area contributed by atoms with E-state index < -0.39 is 6.23 Å². The van der Waals surface area contributed by atoms with Crippen molar-refractivity contribution in [3.8, 4) is 0 Å². The molecule has 0 saturated carbocycles. The first-order valence-electron chi connectivity index (χ1n) is 11.4. The van der Waals surface area contributed by atoms with Crippen LogP contribution in [0.2, 0.25) is 0 Å². The van der Waals surface area contributed by atoms with Crippen LogP contribution in [0.15, 0.2) is 91.0 Å². The Morgan fingerprint density at radius 1 is 0.647 bits per heavy atom. The molecule has 0 N–H and O–H groups in total. The Hall–Kier alpha value is -1.40. The monoisotopic (exact) mass is 442 g/mol. The third-order valence-corrected chi connectivity index (χ3v) is 6.26. The molecule has 0 aliphatic rings. The molecule has 0 aliphatic carbocycles. The molecule has 0 bridgehead atoms. The van der Waals surface area contributed by atoms with Gasteiger partial charge in [0.1, 0.15) is 0 Å². The molecule has 3 rings (SSSR count). The van der Waals surface area contributed by atoms with Crippen LogP contribution in [0.1, 0.15) is 42.6 Å². The summed E-state index contributed by atoms with van der Waals surface area (Å²) in [6.45, 7) is 4.28. The van der Waals surface area contributed by atoms with Gasteiger partial charge in [-0.25, -0.2) is 0 Å². The average molecular weight is 443 g/mol. The zero-order chi connectivity index (χ0) is 23.1. The molecule has 0 spiro atoms. The van der Waals surface area contributed by atoms with Crippen molar-refractivity contribution in [2.24, 2.45) is 11.8 Å². The number of benzene rings is 3. The van der Waals surface area contributed by atoms with Crippen molar-refractivity contribution in [2.75, 3.05) is 21.1 Å². The van der Waals surface area contributed by atoms with Crippen molar-refractivity contribution < 1.29 is 42.8 Å². The minimum absolute atomic E-state index is 0. The van der Waals surface area contributed by atoms with E-state index in [1.807, 2.05) is 42.3 Å². The summed E-state index contributed by atoms with van der Waals surface area (Å²) in [5.74, 6) is 0.110. The number of hydrogen-bond donors (Lipinski definition) is 0. The Kier molecular flexibility index (Phi) is 13.4. The van der Waals surface area contributed by atoms with E-state index in [0.29, 0.717) is 0 Å². The van der Waals surface area contributed by atoms with Crippen LogP contribution < -0.4 is 42.8 Å². The van der Waals surface area contributed by atoms with E-state index in [0.717, 1.165) is 11.1 Å². The molecular weight excluding hydrogens is 406 g/mol. The summed E-state index contributed by atoms with van der Waals surface area (Å²) in [7, 11) is 6.18. The predicted octanol–water partition coefficient (Wildman–Crippen LogP) is -0.818. The third kappa shape index (κ3) is 7.81. The van der Waals surface area contributed by atoms with E-state index in [2.05, 4.69) is 99.9 Å². The van der Waals surface area contributed by atoms with E-state index >= 15 is 0 Å². The second-order valence-corrected chi connectivity index (χ2v) is 9.13. The maximum absolute atomic E-state index is 14.0. The van der Waals surface area contributed by atoms with Gasteiger partial charge in [0.05, 0.1) is 12.1 Å². The normalized spacial score (nSPS) is 14.6. The minimum atomic E-state index is -0.883. The summed E-state index contributed by atoms with van der Waals surface area (Å²) < 4.78 is 0. The molecule has 0 fully saturated rings. The van der Waals surface area contributed by atoms with E-state index in [9.17, 15) is 5.11 Å². The molecule has 0 aliphatic heterocycles. The second kappa shape index (κ2) is 14.9. The number of rotatable bonds is 10. The summed E-state index contributed by atoms with van der Waals surface area (Å²) in [5.41, 5.74) is 3.46. The molecule has 2 unspecified atom stereocenters. The van der Waals surface area contributed by atoms with Gasteiger partial charge >= 0.3 is 37.7 Å². The van der Waals surface area contributed by atoms with Crippen LogP contribution in [0.5, 0.6) is 0 Å². The molecule has 5 heteroatoms. The fourth-order valence-electron chi connectivity index (χ4n) is 4.52. The Bertz CT molecular complexity index is 923. The Balaban J connectivity index is 0.00000289. The number of hydrogen-bond acceptors (Lipinski definition) is 3. The molecule has 0 saturated heterocycles. The summed E-state index contributed by atoms with van der Waals surface area (Å²) in [4.78, 5) is 4.26. The van der Waals surface area contributed by atoms with Gasteiger partial charge in [-0.1, -0.05) is 98.6 Å². The minimum Gasteiger partial charge on any atom is -0.841 e. The van der Waals surface area contributed by atoms with Crippen molar-refractivity contribution in [3.05, 3.63) is 114 Å². The van der Waals surface area contributed by atoms with Crippen LogP contribution in [0, 0.1) is 18.3 Å². The van der Waals surface area contributed by atoms with Gasteiger partial charge in [0.2, 0.25) is 0 Å². The molecule has 0 heterocycles. The Labute approximate surface area is 230 Å². The van der Waals surface area contributed by atoms with Crippen LogP contribution in [0.4, 0.5) is 0 Å². The first-order chi connectivity index (χ1) is 15.4.